The third-order valence-electron chi connectivity index (χ3n) is 4.12. The highest BCUT2D eigenvalue weighted by atomic mass is 16.3. The number of aliphatic hydroxyl groups is 1. The number of hydrogen-bond donors (Lipinski definition) is 3. The Morgan fingerprint density at radius 1 is 1.32 bits per heavy atom. The molecule has 0 aliphatic heterocycles. The maximum Gasteiger partial charge on any atom is 0.314 e. The molecule has 118 valence electrons. The van der Waals surface area contributed by atoms with Crippen LogP contribution in [0.15, 0.2) is 18.2 Å². The van der Waals surface area contributed by atoms with Gasteiger partial charge in [0, 0.05) is 24.9 Å². The molecular weight excluding hydrogens is 278 g/mol. The van der Waals surface area contributed by atoms with Crippen molar-refractivity contribution in [3.05, 3.63) is 34.9 Å². The highest BCUT2D eigenvalue weighted by Gasteiger charge is 2.42. The van der Waals surface area contributed by atoms with Crippen molar-refractivity contribution in [2.45, 2.75) is 39.2 Å². The van der Waals surface area contributed by atoms with Gasteiger partial charge in [-0.2, -0.15) is 5.26 Å². The summed E-state index contributed by atoms with van der Waals surface area (Å²) in [7, 11) is 0. The van der Waals surface area contributed by atoms with Gasteiger partial charge in [0.1, 0.15) is 0 Å². The molecule has 1 aromatic rings. The number of urea groups is 1. The minimum absolute atomic E-state index is 0.0155. The normalized spacial score (nSPS) is 16.5. The molecule has 1 unspecified atom stereocenters. The molecule has 0 bridgehead atoms. The van der Waals surface area contributed by atoms with Crippen LogP contribution < -0.4 is 10.6 Å². The monoisotopic (exact) mass is 301 g/mol. The Labute approximate surface area is 131 Å². The van der Waals surface area contributed by atoms with Gasteiger partial charge in [-0.25, -0.2) is 4.79 Å². The van der Waals surface area contributed by atoms with Crippen molar-refractivity contribution in [2.75, 3.05) is 13.1 Å². The molecular formula is C17H23N3O2. The van der Waals surface area contributed by atoms with Crippen LogP contribution in [0.3, 0.4) is 0 Å². The predicted octanol–water partition coefficient (Wildman–Crippen LogP) is 2.33. The standard InChI is InChI=1S/C17H23N3O2/c1-12-7-13(2)9-14(8-12)15(21)10-19-16(22)20-11-17(3-4-17)5-6-18/h7-9,15,21H,3-5,10-11H2,1-2H3,(H2,19,20,22). The lowest BCUT2D eigenvalue weighted by Crippen LogP contribution is -2.40. The van der Waals surface area contributed by atoms with Crippen molar-refractivity contribution in [1.29, 1.82) is 5.26 Å². The molecule has 0 heterocycles. The van der Waals surface area contributed by atoms with Crippen LogP contribution in [-0.2, 0) is 0 Å². The molecule has 0 spiro atoms. The molecule has 5 nitrogen and oxygen atoms in total. The molecule has 1 aliphatic rings. The topological polar surface area (TPSA) is 85.2 Å². The summed E-state index contributed by atoms with van der Waals surface area (Å²) in [6.07, 6.45) is 1.75. The van der Waals surface area contributed by atoms with Gasteiger partial charge in [0.25, 0.3) is 0 Å². The highest BCUT2D eigenvalue weighted by Crippen LogP contribution is 2.47. The van der Waals surface area contributed by atoms with Gasteiger partial charge in [-0.3, -0.25) is 0 Å². The van der Waals surface area contributed by atoms with E-state index in [1.165, 1.54) is 0 Å². The van der Waals surface area contributed by atoms with Gasteiger partial charge in [-0.1, -0.05) is 29.3 Å². The second kappa shape index (κ2) is 6.80. The van der Waals surface area contributed by atoms with E-state index < -0.39 is 6.10 Å². The Morgan fingerprint density at radius 3 is 2.50 bits per heavy atom. The zero-order chi connectivity index (χ0) is 16.2. The molecule has 3 N–H and O–H groups in total. The number of hydrogen-bond acceptors (Lipinski definition) is 3. The number of carbonyl (C=O) groups is 1. The summed E-state index contributed by atoms with van der Waals surface area (Å²) in [5.74, 6) is 0. The Morgan fingerprint density at radius 2 is 1.95 bits per heavy atom. The van der Waals surface area contributed by atoms with Crippen LogP contribution in [0.4, 0.5) is 4.79 Å². The van der Waals surface area contributed by atoms with E-state index in [1.54, 1.807) is 0 Å². The fourth-order valence-corrected chi connectivity index (χ4v) is 2.60. The van der Waals surface area contributed by atoms with Gasteiger partial charge in [0.2, 0.25) is 0 Å². The average molecular weight is 301 g/mol. The number of nitrogens with one attached hydrogen (secondary N) is 2. The number of nitrogens with zero attached hydrogens (tertiary/aromatic N) is 1. The van der Waals surface area contributed by atoms with Crippen molar-refractivity contribution in [3.8, 4) is 6.07 Å². The molecule has 1 atom stereocenters. The van der Waals surface area contributed by atoms with Crippen LogP contribution in [0.1, 0.15) is 42.1 Å². The van der Waals surface area contributed by atoms with Crippen molar-refractivity contribution in [1.82, 2.24) is 10.6 Å². The molecule has 1 saturated carbocycles. The van der Waals surface area contributed by atoms with Gasteiger partial charge in [0.15, 0.2) is 0 Å². The molecule has 1 aliphatic carbocycles. The molecule has 0 saturated heterocycles. The molecule has 5 heteroatoms. The number of rotatable bonds is 6. The van der Waals surface area contributed by atoms with Crippen molar-refractivity contribution < 1.29 is 9.90 Å². The second-order valence-corrected chi connectivity index (χ2v) is 6.34. The van der Waals surface area contributed by atoms with E-state index in [0.717, 1.165) is 29.5 Å². The Hall–Kier alpha value is -2.06. The second-order valence-electron chi connectivity index (χ2n) is 6.34. The van der Waals surface area contributed by atoms with E-state index in [4.69, 9.17) is 5.26 Å². The minimum atomic E-state index is -0.724. The third kappa shape index (κ3) is 4.47. The average Bonchev–Trinajstić information content (AvgIpc) is 3.22. The van der Waals surface area contributed by atoms with Gasteiger partial charge in [0.05, 0.1) is 12.2 Å². The summed E-state index contributed by atoms with van der Waals surface area (Å²) >= 11 is 0. The number of aryl methyl sites for hydroxylation is 2. The van der Waals surface area contributed by atoms with Crippen LogP contribution in [-0.4, -0.2) is 24.2 Å². The van der Waals surface area contributed by atoms with Gasteiger partial charge >= 0.3 is 6.03 Å². The Kier molecular flexibility index (Phi) is 5.04. The Bertz CT molecular complexity index is 568. The zero-order valence-corrected chi connectivity index (χ0v) is 13.1. The molecule has 22 heavy (non-hydrogen) atoms. The van der Waals surface area contributed by atoms with Crippen LogP contribution in [0.2, 0.25) is 0 Å². The van der Waals surface area contributed by atoms with Crippen molar-refractivity contribution in [3.63, 3.8) is 0 Å². The van der Waals surface area contributed by atoms with Crippen molar-refractivity contribution >= 4 is 6.03 Å². The summed E-state index contributed by atoms with van der Waals surface area (Å²) < 4.78 is 0. The number of carbonyl (C=O) groups excluding carboxylic acids is 1. The quantitative estimate of drug-likeness (QED) is 0.754. The first-order valence-corrected chi connectivity index (χ1v) is 7.59. The van der Waals surface area contributed by atoms with E-state index in [1.807, 2.05) is 32.0 Å². The zero-order valence-electron chi connectivity index (χ0n) is 13.1. The van der Waals surface area contributed by atoms with Gasteiger partial charge in [-0.15, -0.1) is 0 Å². The molecule has 2 amide bonds. The molecule has 1 aromatic carbocycles. The molecule has 2 rings (SSSR count). The number of benzene rings is 1. The minimum Gasteiger partial charge on any atom is -0.387 e. The van der Waals surface area contributed by atoms with E-state index in [9.17, 15) is 9.90 Å². The van der Waals surface area contributed by atoms with E-state index >= 15 is 0 Å². The number of aliphatic hydroxyl groups excluding tert-OH is 1. The SMILES string of the molecule is Cc1cc(C)cc(C(O)CNC(=O)NCC2(CC#N)CC2)c1. The van der Waals surface area contributed by atoms with E-state index in [-0.39, 0.29) is 18.0 Å². The fraction of sp³-hybridized carbons (Fsp3) is 0.529. The summed E-state index contributed by atoms with van der Waals surface area (Å²) in [6, 6.07) is 7.75. The molecule has 0 aromatic heterocycles. The Balaban J connectivity index is 1.77. The van der Waals surface area contributed by atoms with Gasteiger partial charge in [-0.05, 0) is 32.3 Å². The van der Waals surface area contributed by atoms with E-state index in [2.05, 4.69) is 16.7 Å². The predicted molar refractivity (Wildman–Crippen MR) is 84.2 cm³/mol. The fourth-order valence-electron chi connectivity index (χ4n) is 2.60. The maximum atomic E-state index is 11.8. The maximum absolute atomic E-state index is 11.8. The van der Waals surface area contributed by atoms with Crippen LogP contribution in [0.5, 0.6) is 0 Å². The van der Waals surface area contributed by atoms with Gasteiger partial charge < -0.3 is 15.7 Å². The highest BCUT2D eigenvalue weighted by molar-refractivity contribution is 5.74. The molecule has 1 fully saturated rings. The summed E-state index contributed by atoms with van der Waals surface area (Å²) in [4.78, 5) is 11.8. The van der Waals surface area contributed by atoms with E-state index in [0.29, 0.717) is 13.0 Å². The lowest BCUT2D eigenvalue weighted by Gasteiger charge is -2.16. The first-order chi connectivity index (χ1) is 10.4. The van der Waals surface area contributed by atoms with Crippen LogP contribution in [0.25, 0.3) is 0 Å². The smallest absolute Gasteiger partial charge is 0.314 e. The third-order valence-corrected chi connectivity index (χ3v) is 4.12. The van der Waals surface area contributed by atoms with Crippen molar-refractivity contribution in [2.24, 2.45) is 5.41 Å². The number of amides is 2. The number of nitriles is 1. The lowest BCUT2D eigenvalue weighted by atomic mass is 10.0. The first kappa shape index (κ1) is 16.3. The summed E-state index contributed by atoms with van der Waals surface area (Å²) in [5, 5.41) is 24.4. The first-order valence-electron chi connectivity index (χ1n) is 7.59. The van der Waals surface area contributed by atoms with Crippen LogP contribution >= 0.6 is 0 Å². The summed E-state index contributed by atoms with van der Waals surface area (Å²) in [5.41, 5.74) is 2.97. The summed E-state index contributed by atoms with van der Waals surface area (Å²) in [6.45, 7) is 4.65. The lowest BCUT2D eigenvalue weighted by molar-refractivity contribution is 0.172. The van der Waals surface area contributed by atoms with Crippen LogP contribution in [0, 0.1) is 30.6 Å². The molecule has 0 radical (unpaired) electrons. The largest absolute Gasteiger partial charge is 0.387 e.